The summed E-state index contributed by atoms with van der Waals surface area (Å²) in [6.07, 6.45) is 5.65. The number of ketones is 1. The van der Waals surface area contributed by atoms with Crippen LogP contribution in [0.3, 0.4) is 0 Å². The van der Waals surface area contributed by atoms with Gasteiger partial charge in [0.05, 0.1) is 11.3 Å². The molecule has 2 heterocycles. The van der Waals surface area contributed by atoms with Crippen LogP contribution in [0.25, 0.3) is 0 Å². The van der Waals surface area contributed by atoms with Gasteiger partial charge in [-0.05, 0) is 45.6 Å². The number of nitrogens with one attached hydrogen (secondary N) is 1. The standard InChI is InChI=1S/C17H21N5O/c1-10-13-5-4-6-15(13)22-16(20-10)7-8-18-17-19-9-14(12(3)23)11(2)21-17/h9H,4-8H2,1-3H3,(H,18,19,21). The summed E-state index contributed by atoms with van der Waals surface area (Å²) in [6, 6.07) is 0. The van der Waals surface area contributed by atoms with Crippen LogP contribution in [0.1, 0.15) is 52.2 Å². The summed E-state index contributed by atoms with van der Waals surface area (Å²) < 4.78 is 0. The summed E-state index contributed by atoms with van der Waals surface area (Å²) in [4.78, 5) is 29.1. The molecule has 120 valence electrons. The van der Waals surface area contributed by atoms with E-state index < -0.39 is 0 Å². The van der Waals surface area contributed by atoms with E-state index >= 15 is 0 Å². The van der Waals surface area contributed by atoms with Gasteiger partial charge >= 0.3 is 0 Å². The van der Waals surface area contributed by atoms with Crippen molar-refractivity contribution in [2.24, 2.45) is 0 Å². The number of Topliss-reactive ketones (excluding diaryl/α,β-unsaturated/α-hetero) is 1. The predicted octanol–water partition coefficient (Wildman–Crippen LogP) is 2.23. The molecule has 1 aliphatic rings. The van der Waals surface area contributed by atoms with Gasteiger partial charge < -0.3 is 5.32 Å². The summed E-state index contributed by atoms with van der Waals surface area (Å²) in [5, 5.41) is 3.17. The first kappa shape index (κ1) is 15.5. The van der Waals surface area contributed by atoms with E-state index in [2.05, 4.69) is 32.2 Å². The van der Waals surface area contributed by atoms with Crippen LogP contribution < -0.4 is 5.32 Å². The van der Waals surface area contributed by atoms with Crippen molar-refractivity contribution >= 4 is 11.7 Å². The molecular formula is C17H21N5O. The molecule has 0 radical (unpaired) electrons. The first-order valence-electron chi connectivity index (χ1n) is 7.98. The largest absolute Gasteiger partial charge is 0.354 e. The second kappa shape index (κ2) is 6.40. The molecule has 0 atom stereocenters. The lowest BCUT2D eigenvalue weighted by atomic mass is 10.2. The molecule has 1 N–H and O–H groups in total. The Hall–Kier alpha value is -2.37. The molecule has 6 nitrogen and oxygen atoms in total. The van der Waals surface area contributed by atoms with Crippen molar-refractivity contribution in [2.75, 3.05) is 11.9 Å². The van der Waals surface area contributed by atoms with Crippen molar-refractivity contribution < 1.29 is 4.79 Å². The van der Waals surface area contributed by atoms with E-state index in [9.17, 15) is 4.79 Å². The molecular weight excluding hydrogens is 290 g/mol. The smallest absolute Gasteiger partial charge is 0.222 e. The fourth-order valence-corrected chi connectivity index (χ4v) is 2.98. The molecule has 0 saturated heterocycles. The van der Waals surface area contributed by atoms with Crippen molar-refractivity contribution in [3.63, 3.8) is 0 Å². The fraction of sp³-hybridized carbons (Fsp3) is 0.471. The topological polar surface area (TPSA) is 80.7 Å². The molecule has 2 aromatic heterocycles. The minimum absolute atomic E-state index is 0.0175. The molecule has 0 saturated carbocycles. The van der Waals surface area contributed by atoms with Crippen molar-refractivity contribution in [3.05, 3.63) is 40.2 Å². The summed E-state index contributed by atoms with van der Waals surface area (Å²) in [6.45, 7) is 6.07. The van der Waals surface area contributed by atoms with Crippen molar-refractivity contribution in [2.45, 2.75) is 46.5 Å². The average Bonchev–Trinajstić information content (AvgIpc) is 2.96. The Kier molecular flexibility index (Phi) is 4.32. The van der Waals surface area contributed by atoms with Crippen LogP contribution in [0.15, 0.2) is 6.20 Å². The normalized spacial score (nSPS) is 13.0. The van der Waals surface area contributed by atoms with Gasteiger partial charge in [0.25, 0.3) is 0 Å². The zero-order valence-electron chi connectivity index (χ0n) is 13.8. The number of hydrogen-bond donors (Lipinski definition) is 1. The van der Waals surface area contributed by atoms with Gasteiger partial charge in [0.15, 0.2) is 5.78 Å². The fourth-order valence-electron chi connectivity index (χ4n) is 2.98. The van der Waals surface area contributed by atoms with E-state index in [0.29, 0.717) is 23.8 Å². The third kappa shape index (κ3) is 3.36. The lowest BCUT2D eigenvalue weighted by Crippen LogP contribution is -2.13. The Morgan fingerprint density at radius 3 is 2.74 bits per heavy atom. The maximum absolute atomic E-state index is 11.4. The zero-order valence-corrected chi connectivity index (χ0v) is 13.8. The van der Waals surface area contributed by atoms with Crippen LogP contribution in [0.2, 0.25) is 0 Å². The number of carbonyl (C=O) groups excluding carboxylic acids is 1. The van der Waals surface area contributed by atoms with Gasteiger partial charge in [-0.2, -0.15) is 0 Å². The maximum atomic E-state index is 11.4. The second-order valence-electron chi connectivity index (χ2n) is 5.93. The van der Waals surface area contributed by atoms with E-state index in [1.54, 1.807) is 6.20 Å². The van der Waals surface area contributed by atoms with Crippen LogP contribution in [0.4, 0.5) is 5.95 Å². The third-order valence-electron chi connectivity index (χ3n) is 4.18. The van der Waals surface area contributed by atoms with E-state index in [1.807, 2.05) is 6.92 Å². The summed E-state index contributed by atoms with van der Waals surface area (Å²) >= 11 is 0. The van der Waals surface area contributed by atoms with Gasteiger partial charge in [-0.3, -0.25) is 4.79 Å². The number of anilines is 1. The Morgan fingerprint density at radius 2 is 2.00 bits per heavy atom. The second-order valence-corrected chi connectivity index (χ2v) is 5.93. The molecule has 2 aromatic rings. The summed E-state index contributed by atoms with van der Waals surface area (Å²) in [7, 11) is 0. The molecule has 0 unspecified atom stereocenters. The van der Waals surface area contributed by atoms with Gasteiger partial charge in [0.2, 0.25) is 5.95 Å². The Bertz CT molecular complexity index is 757. The number of carbonyl (C=O) groups is 1. The average molecular weight is 311 g/mol. The molecule has 0 amide bonds. The molecule has 23 heavy (non-hydrogen) atoms. The number of aromatic nitrogens is 4. The van der Waals surface area contributed by atoms with Gasteiger partial charge in [0, 0.05) is 30.6 Å². The molecule has 3 rings (SSSR count). The molecule has 0 aliphatic heterocycles. The molecule has 0 bridgehead atoms. The number of hydrogen-bond acceptors (Lipinski definition) is 6. The van der Waals surface area contributed by atoms with Crippen molar-refractivity contribution in [3.8, 4) is 0 Å². The lowest BCUT2D eigenvalue weighted by Gasteiger charge is -2.09. The van der Waals surface area contributed by atoms with E-state index in [4.69, 9.17) is 0 Å². The first-order chi connectivity index (χ1) is 11.0. The monoisotopic (exact) mass is 311 g/mol. The van der Waals surface area contributed by atoms with E-state index in [-0.39, 0.29) is 5.78 Å². The van der Waals surface area contributed by atoms with Crippen LogP contribution in [0, 0.1) is 13.8 Å². The van der Waals surface area contributed by atoms with Gasteiger partial charge in [-0.15, -0.1) is 0 Å². The highest BCUT2D eigenvalue weighted by Gasteiger charge is 2.16. The van der Waals surface area contributed by atoms with E-state index in [1.165, 1.54) is 24.6 Å². The highest BCUT2D eigenvalue weighted by Crippen LogP contribution is 2.22. The molecule has 0 fully saturated rings. The Balaban J connectivity index is 1.63. The lowest BCUT2D eigenvalue weighted by molar-refractivity contribution is 0.101. The van der Waals surface area contributed by atoms with Gasteiger partial charge in [-0.25, -0.2) is 19.9 Å². The Morgan fingerprint density at radius 1 is 1.17 bits per heavy atom. The zero-order chi connectivity index (χ0) is 16.4. The molecule has 0 spiro atoms. The van der Waals surface area contributed by atoms with Crippen LogP contribution in [-0.2, 0) is 19.3 Å². The maximum Gasteiger partial charge on any atom is 0.222 e. The number of rotatable bonds is 5. The third-order valence-corrected chi connectivity index (χ3v) is 4.18. The summed E-state index contributed by atoms with van der Waals surface area (Å²) in [5.41, 5.74) is 4.92. The molecule has 0 aromatic carbocycles. The SMILES string of the molecule is CC(=O)c1cnc(NCCc2nc(C)c3c(n2)CCC3)nc1C. The van der Waals surface area contributed by atoms with Gasteiger partial charge in [-0.1, -0.05) is 0 Å². The highest BCUT2D eigenvalue weighted by molar-refractivity contribution is 5.94. The quantitative estimate of drug-likeness (QED) is 0.853. The van der Waals surface area contributed by atoms with Crippen molar-refractivity contribution in [1.82, 2.24) is 19.9 Å². The molecule has 1 aliphatic carbocycles. The summed E-state index contributed by atoms with van der Waals surface area (Å²) in [5.74, 6) is 1.38. The highest BCUT2D eigenvalue weighted by atomic mass is 16.1. The van der Waals surface area contributed by atoms with Gasteiger partial charge in [0.1, 0.15) is 5.82 Å². The van der Waals surface area contributed by atoms with Crippen LogP contribution in [0.5, 0.6) is 0 Å². The van der Waals surface area contributed by atoms with E-state index in [0.717, 1.165) is 30.8 Å². The first-order valence-corrected chi connectivity index (χ1v) is 7.98. The number of aryl methyl sites for hydroxylation is 3. The van der Waals surface area contributed by atoms with Crippen molar-refractivity contribution in [1.29, 1.82) is 0 Å². The number of fused-ring (bicyclic) bond motifs is 1. The minimum Gasteiger partial charge on any atom is -0.354 e. The van der Waals surface area contributed by atoms with Crippen LogP contribution in [-0.4, -0.2) is 32.3 Å². The minimum atomic E-state index is -0.0175. The van der Waals surface area contributed by atoms with Crippen LogP contribution >= 0.6 is 0 Å². The molecule has 6 heteroatoms. The Labute approximate surface area is 135 Å². The number of nitrogens with zero attached hydrogens (tertiary/aromatic N) is 4. The predicted molar refractivity (Wildman–Crippen MR) is 87.8 cm³/mol.